The Morgan fingerprint density at radius 2 is 1.96 bits per heavy atom. The van der Waals surface area contributed by atoms with Crippen LogP contribution in [0.4, 0.5) is 5.82 Å². The molecule has 1 amide bonds. The van der Waals surface area contributed by atoms with E-state index in [-0.39, 0.29) is 22.5 Å². The number of carbonyl (C=O) groups is 1. The molecule has 0 radical (unpaired) electrons. The fraction of sp³-hybridized carbons (Fsp3) is 0.214. The fourth-order valence-electron chi connectivity index (χ4n) is 2.19. The topological polar surface area (TPSA) is 112 Å². The summed E-state index contributed by atoms with van der Waals surface area (Å²) in [5.74, 6) is 0.290. The number of aryl methyl sites for hydroxylation is 2. The minimum Gasteiger partial charge on any atom is -0.360 e. The lowest BCUT2D eigenvalue weighted by molar-refractivity contribution is 0.102. The van der Waals surface area contributed by atoms with Crippen molar-refractivity contribution in [1.82, 2.24) is 19.3 Å². The van der Waals surface area contributed by atoms with Crippen LogP contribution in [0.15, 0.2) is 32.3 Å². The van der Waals surface area contributed by atoms with Gasteiger partial charge in [-0.25, -0.2) is 9.78 Å². The highest BCUT2D eigenvalue weighted by atomic mass is 16.5. The molecular weight excluding hydrogens is 302 g/mol. The molecule has 0 saturated carbocycles. The van der Waals surface area contributed by atoms with Crippen molar-refractivity contribution in [3.63, 3.8) is 0 Å². The fourth-order valence-corrected chi connectivity index (χ4v) is 2.19. The lowest BCUT2D eigenvalue weighted by Crippen LogP contribution is -2.37. The predicted octanol–water partition coefficient (Wildman–Crippen LogP) is 0.181. The smallest absolute Gasteiger partial charge is 0.332 e. The second-order valence-corrected chi connectivity index (χ2v) is 5.05. The normalized spacial score (nSPS) is 10.9. The Hall–Kier alpha value is -3.23. The Labute approximate surface area is 129 Å². The minimum atomic E-state index is -0.520. The first-order chi connectivity index (χ1) is 10.9. The molecule has 0 aliphatic rings. The molecule has 1 N–H and O–H groups in total. The number of hydrogen-bond acceptors (Lipinski definition) is 6. The lowest BCUT2D eigenvalue weighted by atomic mass is 10.2. The first kappa shape index (κ1) is 14.7. The second-order valence-electron chi connectivity index (χ2n) is 5.05. The van der Waals surface area contributed by atoms with E-state index in [9.17, 15) is 14.4 Å². The summed E-state index contributed by atoms with van der Waals surface area (Å²) in [4.78, 5) is 40.3. The largest absolute Gasteiger partial charge is 0.360 e. The van der Waals surface area contributed by atoms with E-state index in [1.165, 1.54) is 30.8 Å². The zero-order chi connectivity index (χ0) is 16.7. The van der Waals surface area contributed by atoms with Gasteiger partial charge in [0.1, 0.15) is 17.1 Å². The molecule has 0 spiro atoms. The maximum absolute atomic E-state index is 12.2. The second kappa shape index (κ2) is 5.20. The Bertz CT molecular complexity index is 1040. The van der Waals surface area contributed by atoms with Crippen LogP contribution in [0.2, 0.25) is 0 Å². The van der Waals surface area contributed by atoms with Crippen LogP contribution in [0, 0.1) is 6.92 Å². The number of amides is 1. The van der Waals surface area contributed by atoms with Crippen LogP contribution >= 0.6 is 0 Å². The van der Waals surface area contributed by atoms with E-state index in [2.05, 4.69) is 15.5 Å². The van der Waals surface area contributed by atoms with Crippen LogP contribution in [0.5, 0.6) is 0 Å². The van der Waals surface area contributed by atoms with Crippen LogP contribution < -0.4 is 16.6 Å². The number of pyridine rings is 1. The summed E-state index contributed by atoms with van der Waals surface area (Å²) >= 11 is 0. The molecule has 3 rings (SSSR count). The number of carbonyl (C=O) groups excluding carboxylic acids is 1. The van der Waals surface area contributed by atoms with Gasteiger partial charge >= 0.3 is 5.69 Å². The van der Waals surface area contributed by atoms with E-state index in [0.717, 1.165) is 4.57 Å². The molecule has 0 aromatic carbocycles. The third-order valence-electron chi connectivity index (χ3n) is 3.40. The van der Waals surface area contributed by atoms with Crippen molar-refractivity contribution in [3.8, 4) is 0 Å². The van der Waals surface area contributed by atoms with Crippen LogP contribution in [-0.4, -0.2) is 25.2 Å². The molecule has 9 heteroatoms. The molecule has 3 aromatic rings. The third-order valence-corrected chi connectivity index (χ3v) is 3.40. The number of nitrogens with zero attached hydrogens (tertiary/aromatic N) is 4. The Morgan fingerprint density at radius 1 is 1.22 bits per heavy atom. The van der Waals surface area contributed by atoms with Gasteiger partial charge in [-0.3, -0.25) is 18.7 Å². The molecule has 23 heavy (non-hydrogen) atoms. The zero-order valence-corrected chi connectivity index (χ0v) is 12.7. The van der Waals surface area contributed by atoms with Gasteiger partial charge in [0.05, 0.1) is 5.39 Å². The number of fused-ring (bicyclic) bond motifs is 1. The summed E-state index contributed by atoms with van der Waals surface area (Å²) < 4.78 is 7.06. The summed E-state index contributed by atoms with van der Waals surface area (Å²) in [6.45, 7) is 1.70. The number of nitrogens with one attached hydrogen (secondary N) is 1. The predicted molar refractivity (Wildman–Crippen MR) is 81.4 cm³/mol. The van der Waals surface area contributed by atoms with E-state index >= 15 is 0 Å². The Balaban J connectivity index is 2.08. The molecule has 3 aromatic heterocycles. The number of rotatable bonds is 2. The van der Waals surface area contributed by atoms with Crippen LogP contribution in [0.1, 0.15) is 16.2 Å². The molecule has 0 atom stereocenters. The van der Waals surface area contributed by atoms with Gasteiger partial charge in [-0.1, -0.05) is 5.16 Å². The summed E-state index contributed by atoms with van der Waals surface area (Å²) in [5, 5.41) is 6.44. The van der Waals surface area contributed by atoms with Gasteiger partial charge in [0.2, 0.25) is 0 Å². The molecule has 118 valence electrons. The molecule has 0 aliphatic carbocycles. The average Bonchev–Trinajstić information content (AvgIpc) is 2.95. The minimum absolute atomic E-state index is 0.0569. The molecule has 0 bridgehead atoms. The molecule has 0 saturated heterocycles. The summed E-state index contributed by atoms with van der Waals surface area (Å²) in [6.07, 6.45) is 0. The number of hydrogen-bond donors (Lipinski definition) is 1. The number of anilines is 1. The zero-order valence-electron chi connectivity index (χ0n) is 12.7. The molecular formula is C14H13N5O4. The molecule has 0 fully saturated rings. The first-order valence-electron chi connectivity index (χ1n) is 6.70. The van der Waals surface area contributed by atoms with Crippen molar-refractivity contribution in [2.75, 3.05) is 5.32 Å². The van der Waals surface area contributed by atoms with Gasteiger partial charge in [-0.2, -0.15) is 0 Å². The van der Waals surface area contributed by atoms with Crippen LogP contribution in [0.25, 0.3) is 11.0 Å². The average molecular weight is 315 g/mol. The van der Waals surface area contributed by atoms with Gasteiger partial charge in [0.25, 0.3) is 11.5 Å². The van der Waals surface area contributed by atoms with E-state index in [1.54, 1.807) is 13.0 Å². The van der Waals surface area contributed by atoms with Crippen LogP contribution in [-0.2, 0) is 14.1 Å². The van der Waals surface area contributed by atoms with Crippen molar-refractivity contribution < 1.29 is 9.32 Å². The van der Waals surface area contributed by atoms with Crippen molar-refractivity contribution in [2.24, 2.45) is 14.1 Å². The highest BCUT2D eigenvalue weighted by Gasteiger charge is 2.15. The van der Waals surface area contributed by atoms with Crippen molar-refractivity contribution in [3.05, 3.63) is 50.5 Å². The third kappa shape index (κ3) is 2.41. The van der Waals surface area contributed by atoms with Crippen molar-refractivity contribution in [1.29, 1.82) is 0 Å². The summed E-state index contributed by atoms with van der Waals surface area (Å²) in [7, 11) is 2.87. The van der Waals surface area contributed by atoms with Crippen LogP contribution in [0.3, 0.4) is 0 Å². The molecule has 9 nitrogen and oxygen atoms in total. The highest BCUT2D eigenvalue weighted by molar-refractivity contribution is 6.03. The van der Waals surface area contributed by atoms with Crippen molar-refractivity contribution in [2.45, 2.75) is 6.92 Å². The summed E-state index contributed by atoms with van der Waals surface area (Å²) in [5.41, 5.74) is -0.780. The van der Waals surface area contributed by atoms with Gasteiger partial charge in [-0.05, 0) is 19.1 Å². The monoisotopic (exact) mass is 315 g/mol. The summed E-state index contributed by atoms with van der Waals surface area (Å²) in [6, 6.07) is 4.44. The molecule has 0 unspecified atom stereocenters. The van der Waals surface area contributed by atoms with Gasteiger partial charge in [0, 0.05) is 20.2 Å². The highest BCUT2D eigenvalue weighted by Crippen LogP contribution is 2.11. The Morgan fingerprint density at radius 3 is 2.61 bits per heavy atom. The van der Waals surface area contributed by atoms with Gasteiger partial charge in [-0.15, -0.1) is 0 Å². The standard InChI is InChI=1S/C14H13N5O4/c1-7-6-10(17-23-7)16-12(20)9-5-4-8-11(15-9)18(2)14(22)19(3)13(8)21/h4-6H,1-3H3,(H,16,17,20). The van der Waals surface area contributed by atoms with Crippen molar-refractivity contribution >= 4 is 22.8 Å². The van der Waals surface area contributed by atoms with E-state index < -0.39 is 17.2 Å². The van der Waals surface area contributed by atoms with E-state index in [4.69, 9.17) is 4.52 Å². The maximum atomic E-state index is 12.2. The van der Waals surface area contributed by atoms with E-state index in [1.807, 2.05) is 0 Å². The van der Waals surface area contributed by atoms with Gasteiger partial charge < -0.3 is 9.84 Å². The lowest BCUT2D eigenvalue weighted by Gasteiger charge is -2.07. The van der Waals surface area contributed by atoms with Gasteiger partial charge in [0.15, 0.2) is 5.82 Å². The number of aromatic nitrogens is 4. The maximum Gasteiger partial charge on any atom is 0.332 e. The first-order valence-corrected chi connectivity index (χ1v) is 6.70. The Kier molecular flexibility index (Phi) is 3.32. The molecule has 3 heterocycles. The quantitative estimate of drug-likeness (QED) is 0.722. The molecule has 0 aliphatic heterocycles. The van der Waals surface area contributed by atoms with E-state index in [0.29, 0.717) is 5.76 Å². The SMILES string of the molecule is Cc1cc(NC(=O)c2ccc3c(=O)n(C)c(=O)n(C)c3n2)no1.